The molecule has 1 unspecified atom stereocenters. The number of nitrogens with zero attached hydrogens (tertiary/aromatic N) is 1. The molecule has 6 heteroatoms. The van der Waals surface area contributed by atoms with Crippen molar-refractivity contribution in [2.45, 2.75) is 12.6 Å². The summed E-state index contributed by atoms with van der Waals surface area (Å²) in [7, 11) is 0. The molecule has 2 amide bonds. The quantitative estimate of drug-likeness (QED) is 0.908. The molecule has 1 N–H and O–H groups in total. The summed E-state index contributed by atoms with van der Waals surface area (Å²) in [6, 6.07) is 9.75. The van der Waals surface area contributed by atoms with E-state index in [1.54, 1.807) is 17.4 Å². The number of urea groups is 1. The molecule has 1 atom stereocenters. The van der Waals surface area contributed by atoms with E-state index in [0.29, 0.717) is 26.2 Å². The lowest BCUT2D eigenvalue weighted by atomic mass is 10.1. The Labute approximate surface area is 137 Å². The fourth-order valence-electron chi connectivity index (χ4n) is 2.42. The number of hydrogen-bond acceptors (Lipinski definition) is 3. The number of nitrogens with one attached hydrogen (secondary N) is 1. The van der Waals surface area contributed by atoms with E-state index in [1.165, 1.54) is 0 Å². The van der Waals surface area contributed by atoms with Crippen molar-refractivity contribution in [2.75, 3.05) is 19.7 Å². The summed E-state index contributed by atoms with van der Waals surface area (Å²) >= 11 is 3.46. The molecule has 1 aromatic heterocycles. The van der Waals surface area contributed by atoms with Crippen molar-refractivity contribution in [3.05, 3.63) is 58.5 Å². The second-order valence-electron chi connectivity index (χ2n) is 5.15. The summed E-state index contributed by atoms with van der Waals surface area (Å²) < 4.78 is 11.8. The summed E-state index contributed by atoms with van der Waals surface area (Å²) in [4.78, 5) is 14.0. The van der Waals surface area contributed by atoms with Crippen molar-refractivity contribution < 1.29 is 13.9 Å². The fourth-order valence-corrected chi connectivity index (χ4v) is 2.84. The molecule has 1 aromatic carbocycles. The Morgan fingerprint density at radius 2 is 2.32 bits per heavy atom. The monoisotopic (exact) mass is 364 g/mol. The Bertz CT molecular complexity index is 630. The molecule has 0 aliphatic carbocycles. The maximum atomic E-state index is 12.3. The molecule has 1 aliphatic rings. The van der Waals surface area contributed by atoms with E-state index in [9.17, 15) is 4.79 Å². The summed E-state index contributed by atoms with van der Waals surface area (Å²) in [6.07, 6.45) is 3.13. The normalized spacial score (nSPS) is 18.2. The molecule has 0 saturated carbocycles. The van der Waals surface area contributed by atoms with Crippen LogP contribution in [-0.4, -0.2) is 30.6 Å². The van der Waals surface area contributed by atoms with Crippen LogP contribution in [0, 0.1) is 0 Å². The lowest BCUT2D eigenvalue weighted by Gasteiger charge is -2.33. The van der Waals surface area contributed by atoms with Gasteiger partial charge < -0.3 is 19.4 Å². The Morgan fingerprint density at radius 3 is 3.09 bits per heavy atom. The molecule has 1 aliphatic heterocycles. The molecule has 5 nitrogen and oxygen atoms in total. The summed E-state index contributed by atoms with van der Waals surface area (Å²) in [6.45, 7) is 2.15. The molecule has 2 heterocycles. The topological polar surface area (TPSA) is 54.7 Å². The Hall–Kier alpha value is -1.79. The third-order valence-corrected chi connectivity index (χ3v) is 4.09. The van der Waals surface area contributed by atoms with Gasteiger partial charge in [0.05, 0.1) is 25.7 Å². The zero-order valence-corrected chi connectivity index (χ0v) is 13.6. The van der Waals surface area contributed by atoms with E-state index in [-0.39, 0.29) is 12.1 Å². The van der Waals surface area contributed by atoms with Gasteiger partial charge >= 0.3 is 6.03 Å². The van der Waals surface area contributed by atoms with Crippen LogP contribution in [0.2, 0.25) is 0 Å². The fraction of sp³-hybridized carbons (Fsp3) is 0.312. The van der Waals surface area contributed by atoms with Crippen molar-refractivity contribution in [3.63, 3.8) is 0 Å². The van der Waals surface area contributed by atoms with Gasteiger partial charge in [-0.3, -0.25) is 0 Å². The maximum absolute atomic E-state index is 12.3. The molecular formula is C16H17BrN2O3. The van der Waals surface area contributed by atoms with Gasteiger partial charge in [-0.05, 0) is 23.8 Å². The van der Waals surface area contributed by atoms with Gasteiger partial charge in [0.15, 0.2) is 0 Å². The van der Waals surface area contributed by atoms with Crippen LogP contribution in [0.15, 0.2) is 51.7 Å². The highest BCUT2D eigenvalue weighted by Crippen LogP contribution is 2.24. The number of morpholine rings is 1. The van der Waals surface area contributed by atoms with Gasteiger partial charge in [0.1, 0.15) is 6.10 Å². The van der Waals surface area contributed by atoms with Gasteiger partial charge in [-0.25, -0.2) is 4.79 Å². The van der Waals surface area contributed by atoms with Gasteiger partial charge in [-0.2, -0.15) is 0 Å². The van der Waals surface area contributed by atoms with Gasteiger partial charge in [0.25, 0.3) is 0 Å². The van der Waals surface area contributed by atoms with Crippen LogP contribution in [0.5, 0.6) is 0 Å². The first kappa shape index (κ1) is 15.1. The number of ether oxygens (including phenoxy) is 1. The van der Waals surface area contributed by atoms with Crippen molar-refractivity contribution in [1.82, 2.24) is 10.2 Å². The molecule has 22 heavy (non-hydrogen) atoms. The summed E-state index contributed by atoms with van der Waals surface area (Å²) in [5, 5.41) is 2.90. The highest BCUT2D eigenvalue weighted by atomic mass is 79.9. The van der Waals surface area contributed by atoms with E-state index < -0.39 is 0 Å². The highest BCUT2D eigenvalue weighted by molar-refractivity contribution is 9.10. The number of hydrogen-bond donors (Lipinski definition) is 1. The van der Waals surface area contributed by atoms with E-state index in [0.717, 1.165) is 15.6 Å². The predicted molar refractivity (Wildman–Crippen MR) is 85.4 cm³/mol. The van der Waals surface area contributed by atoms with Crippen LogP contribution in [0.3, 0.4) is 0 Å². The average molecular weight is 365 g/mol. The Morgan fingerprint density at radius 1 is 1.41 bits per heavy atom. The number of halogens is 1. The third kappa shape index (κ3) is 3.69. The van der Waals surface area contributed by atoms with Crippen molar-refractivity contribution in [1.29, 1.82) is 0 Å². The van der Waals surface area contributed by atoms with Crippen LogP contribution in [0.25, 0.3) is 0 Å². The second kappa shape index (κ2) is 6.98. The summed E-state index contributed by atoms with van der Waals surface area (Å²) in [5.74, 6) is 0. The van der Waals surface area contributed by atoms with E-state index >= 15 is 0 Å². The molecular weight excluding hydrogens is 348 g/mol. The van der Waals surface area contributed by atoms with Gasteiger partial charge in [-0.15, -0.1) is 0 Å². The largest absolute Gasteiger partial charge is 0.472 e. The minimum Gasteiger partial charge on any atom is -0.472 e. The van der Waals surface area contributed by atoms with Crippen LogP contribution >= 0.6 is 15.9 Å². The maximum Gasteiger partial charge on any atom is 0.317 e. The summed E-state index contributed by atoms with van der Waals surface area (Å²) in [5.41, 5.74) is 2.02. The standard InChI is InChI=1S/C16H17BrN2O3/c17-14-3-1-2-13(8-14)15-10-19(5-7-22-15)16(20)18-9-12-4-6-21-11-12/h1-4,6,8,11,15H,5,7,9-10H2,(H,18,20). The molecule has 3 rings (SSSR count). The number of carbonyl (C=O) groups is 1. The number of rotatable bonds is 3. The molecule has 1 fully saturated rings. The lowest BCUT2D eigenvalue weighted by Crippen LogP contribution is -2.46. The number of furan rings is 1. The zero-order valence-electron chi connectivity index (χ0n) is 12.0. The van der Waals surface area contributed by atoms with Crippen molar-refractivity contribution >= 4 is 22.0 Å². The third-order valence-electron chi connectivity index (χ3n) is 3.60. The van der Waals surface area contributed by atoms with E-state index in [1.807, 2.05) is 30.3 Å². The zero-order chi connectivity index (χ0) is 15.4. The minimum atomic E-state index is -0.0917. The van der Waals surface area contributed by atoms with Gasteiger partial charge in [0, 0.05) is 23.1 Å². The van der Waals surface area contributed by atoms with Crippen LogP contribution in [0.1, 0.15) is 17.2 Å². The van der Waals surface area contributed by atoms with E-state index in [4.69, 9.17) is 9.15 Å². The van der Waals surface area contributed by atoms with Gasteiger partial charge in [0.2, 0.25) is 0 Å². The minimum absolute atomic E-state index is 0.0792. The number of benzene rings is 1. The highest BCUT2D eigenvalue weighted by Gasteiger charge is 2.25. The lowest BCUT2D eigenvalue weighted by molar-refractivity contribution is -0.0155. The number of carbonyl (C=O) groups excluding carboxylic acids is 1. The predicted octanol–water partition coefficient (Wildman–Crippen LogP) is 3.33. The first-order valence-corrected chi connectivity index (χ1v) is 7.92. The Balaban J connectivity index is 1.59. The number of amides is 2. The SMILES string of the molecule is O=C(NCc1ccoc1)N1CCOC(c2cccc(Br)c2)C1. The Kier molecular flexibility index (Phi) is 4.80. The smallest absolute Gasteiger partial charge is 0.317 e. The average Bonchev–Trinajstić information content (AvgIpc) is 3.06. The van der Waals surface area contributed by atoms with Crippen LogP contribution in [-0.2, 0) is 11.3 Å². The van der Waals surface area contributed by atoms with Crippen LogP contribution in [0.4, 0.5) is 4.79 Å². The molecule has 2 aromatic rings. The van der Waals surface area contributed by atoms with Crippen LogP contribution < -0.4 is 5.32 Å². The van der Waals surface area contributed by atoms with Crippen molar-refractivity contribution in [3.8, 4) is 0 Å². The first-order chi connectivity index (χ1) is 10.7. The first-order valence-electron chi connectivity index (χ1n) is 7.13. The van der Waals surface area contributed by atoms with Gasteiger partial charge in [-0.1, -0.05) is 28.1 Å². The molecule has 0 bridgehead atoms. The molecule has 1 saturated heterocycles. The molecule has 0 radical (unpaired) electrons. The molecule has 0 spiro atoms. The second-order valence-corrected chi connectivity index (χ2v) is 6.07. The van der Waals surface area contributed by atoms with Crippen molar-refractivity contribution in [2.24, 2.45) is 0 Å². The molecule has 116 valence electrons. The van der Waals surface area contributed by atoms with E-state index in [2.05, 4.69) is 21.2 Å².